The number of carbonyl (C=O) groups excluding carboxylic acids is 2. The average Bonchev–Trinajstić information content (AvgIpc) is 2.46. The zero-order chi connectivity index (χ0) is 14.7. The van der Waals surface area contributed by atoms with Gasteiger partial charge in [-0.1, -0.05) is 12.1 Å². The van der Waals surface area contributed by atoms with Crippen molar-refractivity contribution in [2.75, 3.05) is 7.11 Å². The molecule has 0 saturated carbocycles. The van der Waals surface area contributed by atoms with Gasteiger partial charge in [-0.3, -0.25) is 9.59 Å². The second-order valence-electron chi connectivity index (χ2n) is 4.68. The van der Waals surface area contributed by atoms with Crippen LogP contribution in [0.1, 0.15) is 25.3 Å². The number of benzene rings is 1. The fourth-order valence-corrected chi connectivity index (χ4v) is 2.32. The Bertz CT molecular complexity index is 567. The van der Waals surface area contributed by atoms with Crippen LogP contribution in [0.4, 0.5) is 0 Å². The van der Waals surface area contributed by atoms with E-state index in [2.05, 4.69) is 5.32 Å². The number of ketones is 2. The van der Waals surface area contributed by atoms with Crippen LogP contribution in [0.15, 0.2) is 47.8 Å². The molecule has 2 rings (SSSR count). The summed E-state index contributed by atoms with van der Waals surface area (Å²) >= 11 is 0. The number of methoxy groups -OCH3 is 1. The minimum absolute atomic E-state index is 0.0508. The predicted molar refractivity (Wildman–Crippen MR) is 76.4 cm³/mol. The van der Waals surface area contributed by atoms with Gasteiger partial charge in [0.1, 0.15) is 5.75 Å². The number of carbonyl (C=O) groups is 2. The fourth-order valence-electron chi connectivity index (χ4n) is 2.32. The van der Waals surface area contributed by atoms with Gasteiger partial charge in [0.25, 0.3) is 0 Å². The summed E-state index contributed by atoms with van der Waals surface area (Å²) in [7, 11) is 1.60. The van der Waals surface area contributed by atoms with Crippen molar-refractivity contribution in [1.82, 2.24) is 5.32 Å². The third-order valence-corrected chi connectivity index (χ3v) is 3.36. The minimum Gasteiger partial charge on any atom is -0.497 e. The number of hydrogen-bond acceptors (Lipinski definition) is 4. The number of Topliss-reactive ketones (excluding diaryl/α,β-unsaturated/α-hetero) is 2. The molecule has 0 unspecified atom stereocenters. The smallest absolute Gasteiger partial charge is 0.158 e. The molecule has 0 aliphatic carbocycles. The Morgan fingerprint density at radius 3 is 1.90 bits per heavy atom. The number of rotatable bonds is 4. The van der Waals surface area contributed by atoms with Gasteiger partial charge >= 0.3 is 0 Å². The molecule has 104 valence electrons. The number of ether oxygens (including phenoxy) is 1. The average molecular weight is 271 g/mol. The highest BCUT2D eigenvalue weighted by Gasteiger charge is 2.28. The zero-order valence-corrected chi connectivity index (χ0v) is 11.8. The third kappa shape index (κ3) is 2.64. The first-order chi connectivity index (χ1) is 9.54. The van der Waals surface area contributed by atoms with Gasteiger partial charge in [0, 0.05) is 29.5 Å². The van der Waals surface area contributed by atoms with Gasteiger partial charge in [0.2, 0.25) is 0 Å². The second kappa shape index (κ2) is 5.74. The molecule has 1 aliphatic heterocycles. The molecular weight excluding hydrogens is 254 g/mol. The molecule has 1 aromatic rings. The van der Waals surface area contributed by atoms with Gasteiger partial charge in [-0.05, 0) is 31.5 Å². The van der Waals surface area contributed by atoms with Crippen LogP contribution in [0.25, 0.3) is 0 Å². The van der Waals surface area contributed by atoms with Crippen molar-refractivity contribution >= 4 is 11.6 Å². The summed E-state index contributed by atoms with van der Waals surface area (Å²) in [6, 6.07) is 7.41. The van der Waals surface area contributed by atoms with Gasteiger partial charge in [-0.15, -0.1) is 0 Å². The van der Waals surface area contributed by atoms with E-state index < -0.39 is 0 Å². The molecule has 0 fully saturated rings. The van der Waals surface area contributed by atoms with Crippen molar-refractivity contribution in [3.8, 4) is 5.75 Å². The molecule has 4 heteroatoms. The summed E-state index contributed by atoms with van der Waals surface area (Å²) in [4.78, 5) is 23.6. The van der Waals surface area contributed by atoms with E-state index in [1.165, 1.54) is 13.8 Å². The molecule has 1 aromatic carbocycles. The third-order valence-electron chi connectivity index (χ3n) is 3.36. The monoisotopic (exact) mass is 271 g/mol. The predicted octanol–water partition coefficient (Wildman–Crippen LogP) is 2.33. The molecule has 0 atom stereocenters. The maximum atomic E-state index is 11.8. The lowest BCUT2D eigenvalue weighted by Gasteiger charge is -2.24. The molecule has 1 heterocycles. The van der Waals surface area contributed by atoms with Crippen LogP contribution < -0.4 is 10.1 Å². The number of allylic oxidation sites excluding steroid dienone is 2. The van der Waals surface area contributed by atoms with Gasteiger partial charge in [0.15, 0.2) is 11.6 Å². The van der Waals surface area contributed by atoms with E-state index in [9.17, 15) is 9.59 Å². The quantitative estimate of drug-likeness (QED) is 0.913. The van der Waals surface area contributed by atoms with Crippen molar-refractivity contribution in [3.05, 3.63) is 53.4 Å². The van der Waals surface area contributed by atoms with Gasteiger partial charge < -0.3 is 10.1 Å². The molecule has 1 aliphatic rings. The molecule has 0 aromatic heterocycles. The molecule has 0 saturated heterocycles. The Labute approximate surface area is 118 Å². The number of hydrogen-bond donors (Lipinski definition) is 1. The summed E-state index contributed by atoms with van der Waals surface area (Å²) in [5.74, 6) is 0.317. The van der Waals surface area contributed by atoms with E-state index in [0.29, 0.717) is 11.1 Å². The molecule has 4 nitrogen and oxygen atoms in total. The van der Waals surface area contributed by atoms with Crippen LogP contribution in [-0.2, 0) is 9.59 Å². The first-order valence-electron chi connectivity index (χ1n) is 6.36. The topological polar surface area (TPSA) is 55.4 Å². The fraction of sp³-hybridized carbons (Fsp3) is 0.250. The van der Waals surface area contributed by atoms with E-state index in [0.717, 1.165) is 11.3 Å². The first-order valence-corrected chi connectivity index (χ1v) is 6.36. The summed E-state index contributed by atoms with van der Waals surface area (Å²) < 4.78 is 5.13. The molecule has 1 N–H and O–H groups in total. The summed E-state index contributed by atoms with van der Waals surface area (Å²) in [6.07, 6.45) is 3.31. The van der Waals surface area contributed by atoms with Crippen molar-refractivity contribution in [1.29, 1.82) is 0 Å². The highest BCUT2D eigenvalue weighted by Crippen LogP contribution is 2.35. The van der Waals surface area contributed by atoms with Crippen LogP contribution >= 0.6 is 0 Å². The Morgan fingerprint density at radius 2 is 1.50 bits per heavy atom. The molecule has 20 heavy (non-hydrogen) atoms. The maximum Gasteiger partial charge on any atom is 0.158 e. The SMILES string of the molecule is COc1ccc(C2C(C(C)=O)=CNC=C2C(C)=O)cc1. The summed E-state index contributed by atoms with van der Waals surface area (Å²) in [5, 5.41) is 2.88. The minimum atomic E-state index is -0.322. The summed E-state index contributed by atoms with van der Waals surface area (Å²) in [5.41, 5.74) is 2.07. The van der Waals surface area contributed by atoms with Crippen molar-refractivity contribution < 1.29 is 14.3 Å². The second-order valence-corrected chi connectivity index (χ2v) is 4.68. The first kappa shape index (κ1) is 14.1. The van der Waals surface area contributed by atoms with Crippen LogP contribution in [0.5, 0.6) is 5.75 Å². The van der Waals surface area contributed by atoms with Gasteiger partial charge in [0.05, 0.1) is 7.11 Å². The van der Waals surface area contributed by atoms with Crippen LogP contribution in [-0.4, -0.2) is 18.7 Å². The number of nitrogens with one attached hydrogen (secondary N) is 1. The molecule has 0 bridgehead atoms. The number of dihydropyridines is 1. The van der Waals surface area contributed by atoms with Crippen LogP contribution in [0.3, 0.4) is 0 Å². The van der Waals surface area contributed by atoms with Crippen molar-refractivity contribution in [3.63, 3.8) is 0 Å². The maximum absolute atomic E-state index is 11.8. The van der Waals surface area contributed by atoms with E-state index in [4.69, 9.17) is 4.74 Å². The highest BCUT2D eigenvalue weighted by molar-refractivity contribution is 6.02. The lowest BCUT2D eigenvalue weighted by Crippen LogP contribution is -2.23. The molecular formula is C16H17NO3. The molecule has 0 amide bonds. The standard InChI is InChI=1S/C16H17NO3/c1-10(18)14-8-17-9-15(11(2)19)16(14)12-4-6-13(20-3)7-5-12/h4-9,16-17H,1-3H3. The Kier molecular flexibility index (Phi) is 4.03. The lowest BCUT2D eigenvalue weighted by molar-refractivity contribution is -0.114. The van der Waals surface area contributed by atoms with Gasteiger partial charge in [-0.25, -0.2) is 0 Å². The van der Waals surface area contributed by atoms with Gasteiger partial charge in [-0.2, -0.15) is 0 Å². The lowest BCUT2D eigenvalue weighted by atomic mass is 9.81. The van der Waals surface area contributed by atoms with Crippen LogP contribution in [0, 0.1) is 0 Å². The Balaban J connectivity index is 2.47. The van der Waals surface area contributed by atoms with E-state index in [1.54, 1.807) is 19.5 Å². The van der Waals surface area contributed by atoms with E-state index >= 15 is 0 Å². The molecule has 0 radical (unpaired) electrons. The van der Waals surface area contributed by atoms with Crippen molar-refractivity contribution in [2.45, 2.75) is 19.8 Å². The zero-order valence-electron chi connectivity index (χ0n) is 11.8. The highest BCUT2D eigenvalue weighted by atomic mass is 16.5. The Hall–Kier alpha value is -2.36. The summed E-state index contributed by atoms with van der Waals surface area (Å²) in [6.45, 7) is 3.01. The van der Waals surface area contributed by atoms with E-state index in [-0.39, 0.29) is 17.5 Å². The van der Waals surface area contributed by atoms with Crippen molar-refractivity contribution in [2.24, 2.45) is 0 Å². The Morgan fingerprint density at radius 1 is 1.00 bits per heavy atom. The van der Waals surface area contributed by atoms with E-state index in [1.807, 2.05) is 24.3 Å². The normalized spacial score (nSPS) is 14.9. The largest absolute Gasteiger partial charge is 0.497 e. The van der Waals surface area contributed by atoms with Crippen LogP contribution in [0.2, 0.25) is 0 Å². The molecule has 0 spiro atoms.